The summed E-state index contributed by atoms with van der Waals surface area (Å²) in [6.45, 7) is 6.54. The summed E-state index contributed by atoms with van der Waals surface area (Å²) >= 11 is 0. The van der Waals surface area contributed by atoms with Crippen LogP contribution in [-0.2, 0) is 24.3 Å². The van der Waals surface area contributed by atoms with Gasteiger partial charge in [0.05, 0.1) is 12.5 Å². The minimum Gasteiger partial charge on any atom is -0.483 e. The van der Waals surface area contributed by atoms with Crippen molar-refractivity contribution in [3.05, 3.63) is 90.1 Å². The number of benzene rings is 1. The van der Waals surface area contributed by atoms with E-state index in [1.165, 1.54) is 55.7 Å². The lowest BCUT2D eigenvalue weighted by molar-refractivity contribution is -0.122. The predicted octanol–water partition coefficient (Wildman–Crippen LogP) is 3.94. The summed E-state index contributed by atoms with van der Waals surface area (Å²) in [5, 5.41) is 6.89. The second-order valence-corrected chi connectivity index (χ2v) is 8.98. The number of hydrogen-bond acceptors (Lipinski definition) is 5. The van der Waals surface area contributed by atoms with Gasteiger partial charge in [0, 0.05) is 62.6 Å². The number of carbonyl (C=O) groups is 1. The van der Waals surface area contributed by atoms with Crippen LogP contribution in [0.15, 0.2) is 77.9 Å². The van der Waals surface area contributed by atoms with Crippen molar-refractivity contribution in [2.75, 3.05) is 26.2 Å². The topological polar surface area (TPSA) is 69.8 Å². The number of nitrogens with zero attached hydrogens (tertiary/aromatic N) is 3. The summed E-state index contributed by atoms with van der Waals surface area (Å²) in [5.74, 6) is 0.736. The van der Waals surface area contributed by atoms with Crippen LogP contribution in [0.3, 0.4) is 0 Å². The van der Waals surface area contributed by atoms with Gasteiger partial charge in [-0.3, -0.25) is 19.6 Å². The highest BCUT2D eigenvalue weighted by molar-refractivity contribution is 5.32. The first-order valence-corrected chi connectivity index (χ1v) is 11.2. The summed E-state index contributed by atoms with van der Waals surface area (Å²) in [5.41, 5.74) is 4.50. The van der Waals surface area contributed by atoms with Gasteiger partial charge in [0.2, 0.25) is 0 Å². The van der Waals surface area contributed by atoms with Crippen LogP contribution < -0.4 is 0 Å². The normalized spacial score (nSPS) is 22.8. The van der Waals surface area contributed by atoms with Crippen molar-refractivity contribution < 1.29 is 14.3 Å². The Kier molecular flexibility index (Phi) is 7.35. The minimum absolute atomic E-state index is 0.250. The third-order valence-electron chi connectivity index (χ3n) is 6.80. The molecule has 2 saturated heterocycles. The van der Waals surface area contributed by atoms with Gasteiger partial charge in [0.1, 0.15) is 0 Å². The Morgan fingerprint density at radius 3 is 2.25 bits per heavy atom. The van der Waals surface area contributed by atoms with E-state index in [-0.39, 0.29) is 6.47 Å². The molecule has 0 radical (unpaired) electrons. The number of rotatable bonds is 7. The van der Waals surface area contributed by atoms with Crippen molar-refractivity contribution in [3.63, 3.8) is 0 Å². The number of likely N-dealkylation sites (tertiary alicyclic amines) is 2. The van der Waals surface area contributed by atoms with Crippen LogP contribution in [0, 0.1) is 11.3 Å². The van der Waals surface area contributed by atoms with Crippen molar-refractivity contribution in [3.8, 4) is 0 Å². The highest BCUT2D eigenvalue weighted by Gasteiger charge is 2.51. The Labute approximate surface area is 189 Å². The van der Waals surface area contributed by atoms with Crippen LogP contribution in [0.5, 0.6) is 0 Å². The van der Waals surface area contributed by atoms with Gasteiger partial charge in [0.15, 0.2) is 0 Å². The lowest BCUT2D eigenvalue weighted by Gasteiger charge is -2.30. The van der Waals surface area contributed by atoms with Gasteiger partial charge in [-0.15, -0.1) is 0 Å². The molecular formula is C26H31N3O3. The summed E-state index contributed by atoms with van der Waals surface area (Å²) in [7, 11) is 0. The summed E-state index contributed by atoms with van der Waals surface area (Å²) in [6.07, 6.45) is 9.92. The molecule has 0 saturated carbocycles. The molecule has 3 aromatic rings. The van der Waals surface area contributed by atoms with Crippen LogP contribution in [-0.4, -0.2) is 52.5 Å². The molecule has 2 aliphatic rings. The zero-order valence-corrected chi connectivity index (χ0v) is 18.3. The maximum Gasteiger partial charge on any atom is 0.290 e. The van der Waals surface area contributed by atoms with Crippen LogP contribution in [0.1, 0.15) is 23.1 Å². The number of carboxylic acid groups (broad SMARTS) is 1. The Balaban J connectivity index is 0.000000775. The van der Waals surface area contributed by atoms with Gasteiger partial charge in [0.25, 0.3) is 6.47 Å². The average molecular weight is 434 g/mol. The molecule has 2 aromatic heterocycles. The van der Waals surface area contributed by atoms with E-state index in [1.54, 1.807) is 6.26 Å². The van der Waals surface area contributed by atoms with Crippen LogP contribution in [0.4, 0.5) is 0 Å². The van der Waals surface area contributed by atoms with E-state index in [1.807, 2.05) is 18.7 Å². The number of pyridine rings is 1. The monoisotopic (exact) mass is 433 g/mol. The molecule has 0 spiro atoms. The fourth-order valence-corrected chi connectivity index (χ4v) is 5.42. The Bertz CT molecular complexity index is 949. The Morgan fingerprint density at radius 2 is 1.62 bits per heavy atom. The molecule has 0 bridgehead atoms. The molecule has 0 amide bonds. The molecular weight excluding hydrogens is 402 g/mol. The molecule has 2 aliphatic heterocycles. The van der Waals surface area contributed by atoms with Crippen molar-refractivity contribution in [1.82, 2.24) is 14.8 Å². The van der Waals surface area contributed by atoms with Crippen molar-refractivity contribution in [2.45, 2.75) is 25.9 Å². The summed E-state index contributed by atoms with van der Waals surface area (Å²) < 4.78 is 5.29. The summed E-state index contributed by atoms with van der Waals surface area (Å²) in [6, 6.07) is 17.4. The fourth-order valence-electron chi connectivity index (χ4n) is 5.42. The maximum absolute atomic E-state index is 8.36. The van der Waals surface area contributed by atoms with E-state index in [2.05, 4.69) is 63.3 Å². The molecule has 1 N–H and O–H groups in total. The Morgan fingerprint density at radius 1 is 0.969 bits per heavy atom. The highest BCUT2D eigenvalue weighted by Crippen LogP contribution is 2.46. The van der Waals surface area contributed by atoms with Gasteiger partial charge in [-0.05, 0) is 48.1 Å². The van der Waals surface area contributed by atoms with Crippen LogP contribution in [0.2, 0.25) is 0 Å². The molecule has 4 heterocycles. The van der Waals surface area contributed by atoms with Gasteiger partial charge < -0.3 is 9.52 Å². The second-order valence-electron chi connectivity index (χ2n) is 8.98. The number of hydrogen-bond donors (Lipinski definition) is 1. The molecule has 6 nitrogen and oxygen atoms in total. The minimum atomic E-state index is -0.250. The third-order valence-corrected chi connectivity index (χ3v) is 6.80. The number of aromatic nitrogens is 1. The van der Waals surface area contributed by atoms with E-state index in [0.717, 1.165) is 19.0 Å². The van der Waals surface area contributed by atoms with E-state index in [9.17, 15) is 0 Å². The van der Waals surface area contributed by atoms with E-state index in [0.29, 0.717) is 5.41 Å². The first kappa shape index (κ1) is 22.2. The van der Waals surface area contributed by atoms with E-state index in [4.69, 9.17) is 14.3 Å². The molecule has 1 aromatic carbocycles. The zero-order valence-electron chi connectivity index (χ0n) is 18.3. The third kappa shape index (κ3) is 5.44. The van der Waals surface area contributed by atoms with Gasteiger partial charge in [-0.1, -0.05) is 30.3 Å². The molecule has 2 atom stereocenters. The quantitative estimate of drug-likeness (QED) is 0.569. The largest absolute Gasteiger partial charge is 0.483 e. The number of furan rings is 1. The van der Waals surface area contributed by atoms with Gasteiger partial charge in [-0.2, -0.15) is 0 Å². The predicted molar refractivity (Wildman–Crippen MR) is 123 cm³/mol. The lowest BCUT2D eigenvalue weighted by atomic mass is 9.76. The van der Waals surface area contributed by atoms with Crippen LogP contribution >= 0.6 is 0 Å². The number of fused-ring (bicyclic) bond motifs is 1. The van der Waals surface area contributed by atoms with Crippen molar-refractivity contribution >= 4 is 6.47 Å². The highest BCUT2D eigenvalue weighted by atomic mass is 16.3. The van der Waals surface area contributed by atoms with Gasteiger partial charge >= 0.3 is 0 Å². The molecule has 6 heteroatoms. The van der Waals surface area contributed by atoms with E-state index >= 15 is 0 Å². The molecule has 2 unspecified atom stereocenters. The average Bonchev–Trinajstić information content (AvgIpc) is 3.50. The maximum atomic E-state index is 8.36. The second kappa shape index (κ2) is 10.6. The SMILES string of the molecule is O=CO.c1ccc(CCC23CN(Cc4ccncc4)CC2CN(Cc2ccoc2)C3)cc1. The first-order chi connectivity index (χ1) is 15.7. The molecule has 168 valence electrons. The molecule has 0 aliphatic carbocycles. The van der Waals surface area contributed by atoms with Crippen molar-refractivity contribution in [1.29, 1.82) is 0 Å². The first-order valence-electron chi connectivity index (χ1n) is 11.2. The van der Waals surface area contributed by atoms with Crippen LogP contribution in [0.25, 0.3) is 0 Å². The zero-order chi connectivity index (χ0) is 22.2. The number of aryl methyl sites for hydroxylation is 1. The fraction of sp³-hybridized carbons (Fsp3) is 0.385. The molecule has 32 heavy (non-hydrogen) atoms. The van der Waals surface area contributed by atoms with E-state index < -0.39 is 0 Å². The smallest absolute Gasteiger partial charge is 0.290 e. The molecule has 2 fully saturated rings. The lowest BCUT2D eigenvalue weighted by Crippen LogP contribution is -2.34. The molecule has 5 rings (SSSR count). The summed E-state index contributed by atoms with van der Waals surface area (Å²) in [4.78, 5) is 17.8. The standard InChI is InChI=1S/C25H29N3O.CH2O2/c1-2-4-21(5-3-1)6-10-25-19-27(14-22-7-11-26-12-8-22)16-24(25)17-28(20-25)15-23-9-13-29-18-23;2-1-3/h1-5,7-9,11-13,18,24H,6,10,14-17,19-20H2;1H,(H,2,3). The van der Waals surface area contributed by atoms with Gasteiger partial charge in [-0.25, -0.2) is 0 Å². The van der Waals surface area contributed by atoms with Crippen molar-refractivity contribution in [2.24, 2.45) is 11.3 Å². The Hall–Kier alpha value is -2.96.